The summed E-state index contributed by atoms with van der Waals surface area (Å²) in [6.45, 7) is 4.60. The molecule has 0 amide bonds. The first kappa shape index (κ1) is 14.7. The van der Waals surface area contributed by atoms with E-state index in [-0.39, 0.29) is 16.9 Å². The number of ketones is 1. The van der Waals surface area contributed by atoms with Crippen LogP contribution in [0.5, 0.6) is 0 Å². The van der Waals surface area contributed by atoms with Gasteiger partial charge in [0.2, 0.25) is 0 Å². The average Bonchev–Trinajstić information content (AvgIpc) is 3.41. The molecule has 6 fully saturated rings. The lowest BCUT2D eigenvalue weighted by atomic mass is 9.43. The first-order valence-corrected chi connectivity index (χ1v) is 10.3. The van der Waals surface area contributed by atoms with Crippen molar-refractivity contribution < 1.29 is 15.0 Å². The third-order valence-corrected chi connectivity index (χ3v) is 10.1. The molecule has 132 valence electrons. The fourth-order valence-electron chi connectivity index (χ4n) is 8.83. The standard InChI is InChI=1S/C21H30O3/c1-19-5-4-14-16(17(19)11-7-12(11)18(19)23)13-8-15(13)21(24)9-10(22)3-6-20(14,21)2/h10-17,22,24H,3-9H2,1-2H3/t10-,11+,12-,13-,14-,15+,16+,17-,19-,20+,21+/m0/s1. The van der Waals surface area contributed by atoms with Crippen LogP contribution in [0.2, 0.25) is 0 Å². The Kier molecular flexibility index (Phi) is 2.43. The molecule has 11 atom stereocenters. The summed E-state index contributed by atoms with van der Waals surface area (Å²) in [6.07, 6.45) is 6.50. The summed E-state index contributed by atoms with van der Waals surface area (Å²) in [7, 11) is 0. The summed E-state index contributed by atoms with van der Waals surface area (Å²) < 4.78 is 0. The fraction of sp³-hybridized carbons (Fsp3) is 0.952. The van der Waals surface area contributed by atoms with Gasteiger partial charge >= 0.3 is 0 Å². The Bertz CT molecular complexity index is 645. The molecule has 6 aliphatic carbocycles. The molecule has 0 aliphatic heterocycles. The van der Waals surface area contributed by atoms with Crippen molar-refractivity contribution in [1.82, 2.24) is 0 Å². The van der Waals surface area contributed by atoms with Crippen LogP contribution in [0.1, 0.15) is 58.8 Å². The largest absolute Gasteiger partial charge is 0.393 e. The van der Waals surface area contributed by atoms with Crippen molar-refractivity contribution >= 4 is 5.78 Å². The fourth-order valence-corrected chi connectivity index (χ4v) is 8.83. The molecule has 0 bridgehead atoms. The Morgan fingerprint density at radius 2 is 1.83 bits per heavy atom. The van der Waals surface area contributed by atoms with Crippen LogP contribution in [-0.2, 0) is 4.79 Å². The van der Waals surface area contributed by atoms with Crippen molar-refractivity contribution in [2.75, 3.05) is 0 Å². The van der Waals surface area contributed by atoms with Gasteiger partial charge in [0.05, 0.1) is 11.7 Å². The zero-order valence-corrected chi connectivity index (χ0v) is 14.9. The highest BCUT2D eigenvalue weighted by Crippen LogP contribution is 2.78. The van der Waals surface area contributed by atoms with Gasteiger partial charge in [-0.15, -0.1) is 0 Å². The number of aliphatic hydroxyl groups is 2. The molecular formula is C21H30O3. The summed E-state index contributed by atoms with van der Waals surface area (Å²) in [5.74, 6) is 4.46. The first-order chi connectivity index (χ1) is 11.3. The molecule has 6 aliphatic rings. The van der Waals surface area contributed by atoms with E-state index >= 15 is 0 Å². The number of fused-ring (bicyclic) bond motifs is 10. The van der Waals surface area contributed by atoms with Gasteiger partial charge in [0.15, 0.2) is 0 Å². The number of aliphatic hydroxyl groups excluding tert-OH is 1. The summed E-state index contributed by atoms with van der Waals surface area (Å²) in [5, 5.41) is 21.9. The lowest BCUT2D eigenvalue weighted by Gasteiger charge is -2.63. The van der Waals surface area contributed by atoms with Crippen molar-refractivity contribution in [3.63, 3.8) is 0 Å². The molecule has 0 unspecified atom stereocenters. The van der Waals surface area contributed by atoms with E-state index in [1.54, 1.807) is 0 Å². The number of hydrogen-bond donors (Lipinski definition) is 2. The Hall–Kier alpha value is -0.410. The van der Waals surface area contributed by atoms with Gasteiger partial charge in [0.25, 0.3) is 0 Å². The molecule has 0 aromatic rings. The van der Waals surface area contributed by atoms with Crippen molar-refractivity contribution in [2.24, 2.45) is 52.3 Å². The molecule has 6 saturated carbocycles. The van der Waals surface area contributed by atoms with Crippen molar-refractivity contribution in [1.29, 1.82) is 0 Å². The summed E-state index contributed by atoms with van der Waals surface area (Å²) >= 11 is 0. The monoisotopic (exact) mass is 330 g/mol. The van der Waals surface area contributed by atoms with Crippen LogP contribution in [-0.4, -0.2) is 27.7 Å². The van der Waals surface area contributed by atoms with Gasteiger partial charge < -0.3 is 10.2 Å². The van der Waals surface area contributed by atoms with Crippen molar-refractivity contribution in [2.45, 2.75) is 70.5 Å². The van der Waals surface area contributed by atoms with Gasteiger partial charge in [-0.3, -0.25) is 4.79 Å². The first-order valence-electron chi connectivity index (χ1n) is 10.3. The Labute approximate surface area is 144 Å². The quantitative estimate of drug-likeness (QED) is 0.718. The molecular weight excluding hydrogens is 300 g/mol. The normalized spacial score (nSPS) is 69.1. The Morgan fingerprint density at radius 1 is 1.04 bits per heavy atom. The van der Waals surface area contributed by atoms with E-state index in [1.807, 2.05) is 0 Å². The molecule has 0 radical (unpaired) electrons. The highest BCUT2D eigenvalue weighted by Gasteiger charge is 2.78. The molecule has 3 heteroatoms. The average molecular weight is 330 g/mol. The van der Waals surface area contributed by atoms with Gasteiger partial charge in [-0.1, -0.05) is 13.8 Å². The van der Waals surface area contributed by atoms with Crippen LogP contribution in [0.15, 0.2) is 0 Å². The zero-order valence-electron chi connectivity index (χ0n) is 14.9. The smallest absolute Gasteiger partial charge is 0.142 e. The maximum Gasteiger partial charge on any atom is 0.142 e. The van der Waals surface area contributed by atoms with Crippen molar-refractivity contribution in [3.05, 3.63) is 0 Å². The van der Waals surface area contributed by atoms with E-state index < -0.39 is 5.60 Å². The lowest BCUT2D eigenvalue weighted by molar-refractivity contribution is -0.225. The molecule has 0 spiro atoms. The molecule has 0 saturated heterocycles. The Morgan fingerprint density at radius 3 is 2.62 bits per heavy atom. The van der Waals surface area contributed by atoms with Crippen LogP contribution in [0.25, 0.3) is 0 Å². The molecule has 24 heavy (non-hydrogen) atoms. The molecule has 0 aromatic carbocycles. The number of Topliss-reactive ketones (excluding diaryl/α,β-unsaturated/α-hetero) is 1. The van der Waals surface area contributed by atoms with Crippen LogP contribution in [0.4, 0.5) is 0 Å². The number of rotatable bonds is 0. The minimum atomic E-state index is -0.657. The maximum absolute atomic E-state index is 12.9. The molecule has 0 heterocycles. The molecule has 6 rings (SSSR count). The second-order valence-electron chi connectivity index (χ2n) is 10.8. The Balaban J connectivity index is 1.45. The highest BCUT2D eigenvalue weighted by atomic mass is 16.3. The topological polar surface area (TPSA) is 57.5 Å². The minimum absolute atomic E-state index is 0.0497. The van der Waals surface area contributed by atoms with Crippen LogP contribution in [0.3, 0.4) is 0 Å². The second kappa shape index (κ2) is 3.96. The number of carbonyl (C=O) groups excluding carboxylic acids is 1. The summed E-state index contributed by atoms with van der Waals surface area (Å²) in [4.78, 5) is 12.9. The van der Waals surface area contributed by atoms with Gasteiger partial charge in [-0.05, 0) is 79.4 Å². The van der Waals surface area contributed by atoms with Gasteiger partial charge in [-0.25, -0.2) is 0 Å². The van der Waals surface area contributed by atoms with Crippen molar-refractivity contribution in [3.8, 4) is 0 Å². The van der Waals surface area contributed by atoms with Crippen LogP contribution >= 0.6 is 0 Å². The highest BCUT2D eigenvalue weighted by molar-refractivity contribution is 5.92. The van der Waals surface area contributed by atoms with Crippen LogP contribution < -0.4 is 0 Å². The van der Waals surface area contributed by atoms with E-state index in [4.69, 9.17) is 0 Å². The zero-order chi connectivity index (χ0) is 16.6. The third kappa shape index (κ3) is 1.37. The minimum Gasteiger partial charge on any atom is -0.393 e. The summed E-state index contributed by atoms with van der Waals surface area (Å²) in [5.41, 5.74) is -0.760. The lowest BCUT2D eigenvalue weighted by Crippen LogP contribution is -2.64. The molecule has 3 nitrogen and oxygen atoms in total. The van der Waals surface area contributed by atoms with Gasteiger partial charge in [0.1, 0.15) is 5.78 Å². The predicted molar refractivity (Wildman–Crippen MR) is 88.9 cm³/mol. The van der Waals surface area contributed by atoms with E-state index in [0.29, 0.717) is 53.6 Å². The molecule has 2 N–H and O–H groups in total. The van der Waals surface area contributed by atoms with Crippen LogP contribution in [0, 0.1) is 52.3 Å². The summed E-state index contributed by atoms with van der Waals surface area (Å²) in [6, 6.07) is 0. The van der Waals surface area contributed by atoms with Gasteiger partial charge in [0, 0.05) is 17.8 Å². The van der Waals surface area contributed by atoms with E-state index in [1.165, 1.54) is 0 Å². The predicted octanol–water partition coefficient (Wildman–Crippen LogP) is 2.79. The molecule has 0 aromatic heterocycles. The van der Waals surface area contributed by atoms with E-state index in [0.717, 1.165) is 38.5 Å². The van der Waals surface area contributed by atoms with Gasteiger partial charge in [-0.2, -0.15) is 0 Å². The van der Waals surface area contributed by atoms with E-state index in [9.17, 15) is 15.0 Å². The number of carbonyl (C=O) groups is 1. The number of hydrogen-bond acceptors (Lipinski definition) is 3. The second-order valence-corrected chi connectivity index (χ2v) is 10.8. The third-order valence-electron chi connectivity index (χ3n) is 10.1. The van der Waals surface area contributed by atoms with E-state index in [2.05, 4.69) is 13.8 Å². The maximum atomic E-state index is 12.9. The SMILES string of the molecule is C[C@]12CC[C@H]3[C@@H]([C@H]4C[C@H]4[C@]4(O)C[C@@H](O)CC[C@]34C)[C@@H]1[C@@H]1C[C@@H]1C2=O.